The predicted molar refractivity (Wildman–Crippen MR) is 188 cm³/mol. The van der Waals surface area contributed by atoms with Crippen molar-refractivity contribution >= 4 is 40.6 Å². The van der Waals surface area contributed by atoms with Crippen LogP contribution in [0.25, 0.3) is 0 Å². The Labute approximate surface area is 284 Å². The molecule has 6 N–H and O–H groups in total. The summed E-state index contributed by atoms with van der Waals surface area (Å²) in [6.45, 7) is 4.90. The minimum absolute atomic E-state index is 0.161. The van der Waals surface area contributed by atoms with Crippen LogP contribution in [0, 0.1) is 11.7 Å². The minimum atomic E-state index is -0.593. The van der Waals surface area contributed by atoms with Gasteiger partial charge in [-0.3, -0.25) is 14.5 Å². The first-order valence-corrected chi connectivity index (χ1v) is 16.0. The van der Waals surface area contributed by atoms with Crippen LogP contribution >= 0.6 is 0 Å². The predicted octanol–water partition coefficient (Wildman–Crippen LogP) is 5.66. The first kappa shape index (κ1) is 34.9. The zero-order valence-corrected chi connectivity index (χ0v) is 27.7. The van der Waals surface area contributed by atoms with Crippen molar-refractivity contribution in [2.45, 2.75) is 32.5 Å². The topological polar surface area (TPSA) is 149 Å². The van der Waals surface area contributed by atoms with E-state index in [1.54, 1.807) is 66.4 Å². The third-order valence-electron chi connectivity index (χ3n) is 8.41. The first-order chi connectivity index (χ1) is 23.5. The number of nitrogens with one attached hydrogen (secondary N) is 3. The molecule has 4 aromatic rings. The number of urea groups is 1. The van der Waals surface area contributed by atoms with Gasteiger partial charge in [-0.2, -0.15) is 0 Å². The Morgan fingerprint density at radius 2 is 1.67 bits per heavy atom. The van der Waals surface area contributed by atoms with E-state index >= 15 is 0 Å². The van der Waals surface area contributed by atoms with Crippen LogP contribution in [0.3, 0.4) is 0 Å². The molecule has 0 bridgehead atoms. The van der Waals surface area contributed by atoms with Crippen LogP contribution in [0.4, 0.5) is 31.9 Å². The highest BCUT2D eigenvalue weighted by Crippen LogP contribution is 2.35. The molecule has 12 heteroatoms. The molecule has 0 radical (unpaired) electrons. The van der Waals surface area contributed by atoms with Crippen LogP contribution in [0.5, 0.6) is 5.75 Å². The SMILES string of the molecule is C[C@H](CO)N1C[C@H](C)[C@H](CN(C)Cc2ccc(C(=O)Nc3ccccc3N)cc2)Oc2c(NC(=O)Nc3ccc(F)cc3)cccc2C1=O. The molecule has 4 amide bonds. The van der Waals surface area contributed by atoms with Crippen molar-refractivity contribution < 1.29 is 28.6 Å². The number of aliphatic hydroxyl groups is 1. The van der Waals surface area contributed by atoms with Crippen molar-refractivity contribution in [3.05, 3.63) is 114 Å². The van der Waals surface area contributed by atoms with Crippen LogP contribution in [0.2, 0.25) is 0 Å². The van der Waals surface area contributed by atoms with Gasteiger partial charge in [0.25, 0.3) is 11.8 Å². The summed E-state index contributed by atoms with van der Waals surface area (Å²) in [5.41, 5.74) is 9.39. The molecule has 11 nitrogen and oxygen atoms in total. The fourth-order valence-electron chi connectivity index (χ4n) is 5.63. The quantitative estimate of drug-likeness (QED) is 0.137. The van der Waals surface area contributed by atoms with E-state index in [2.05, 4.69) is 20.9 Å². The number of amides is 4. The number of benzene rings is 4. The lowest BCUT2D eigenvalue weighted by molar-refractivity contribution is 0.0343. The van der Waals surface area contributed by atoms with E-state index in [-0.39, 0.29) is 41.3 Å². The molecule has 256 valence electrons. The number of likely N-dealkylation sites (N-methyl/N-ethyl adjacent to an activating group) is 1. The normalized spacial score (nSPS) is 16.5. The third kappa shape index (κ3) is 8.72. The molecule has 4 aromatic carbocycles. The van der Waals surface area contributed by atoms with Crippen molar-refractivity contribution in [3.63, 3.8) is 0 Å². The summed E-state index contributed by atoms with van der Waals surface area (Å²) in [6.07, 6.45) is -0.422. The number of aliphatic hydroxyl groups excluding tert-OH is 1. The molecule has 0 saturated carbocycles. The van der Waals surface area contributed by atoms with Crippen molar-refractivity contribution in [3.8, 4) is 5.75 Å². The summed E-state index contributed by atoms with van der Waals surface area (Å²) < 4.78 is 20.0. The summed E-state index contributed by atoms with van der Waals surface area (Å²) in [6, 6.07) is 23.6. The maximum Gasteiger partial charge on any atom is 0.323 e. The molecule has 0 saturated heterocycles. The number of hydrogen-bond acceptors (Lipinski definition) is 7. The first-order valence-electron chi connectivity index (χ1n) is 16.0. The Hall–Kier alpha value is -5.46. The number of hydrogen-bond donors (Lipinski definition) is 5. The number of halogens is 1. The van der Waals surface area contributed by atoms with Gasteiger partial charge in [0.15, 0.2) is 5.75 Å². The average Bonchev–Trinajstić information content (AvgIpc) is 3.08. The summed E-state index contributed by atoms with van der Waals surface area (Å²) in [5.74, 6) is -0.956. The number of ether oxygens (including phenoxy) is 1. The van der Waals surface area contributed by atoms with Gasteiger partial charge in [-0.25, -0.2) is 9.18 Å². The van der Waals surface area contributed by atoms with E-state index in [0.29, 0.717) is 42.3 Å². The Kier molecular flexibility index (Phi) is 11.1. The molecule has 1 heterocycles. The summed E-state index contributed by atoms with van der Waals surface area (Å²) >= 11 is 0. The standard InChI is InChI=1S/C37H41FN6O5/c1-23-19-44(24(2)22-45)36(47)29-7-6-10-32(42-37(48)40-28-17-15-27(38)16-18-28)34(29)49-33(23)21-43(3)20-25-11-13-26(14-12-25)35(46)41-31-9-5-4-8-30(31)39/h4-18,23-24,33,45H,19-22,39H2,1-3H3,(H,41,46)(H2,40,42,48)/t23-,24+,33-/m0/s1. The summed E-state index contributed by atoms with van der Waals surface area (Å²) in [4.78, 5) is 43.3. The lowest BCUT2D eigenvalue weighted by Crippen LogP contribution is -2.49. The molecule has 0 spiro atoms. The molecule has 3 atom stereocenters. The second-order valence-electron chi connectivity index (χ2n) is 12.3. The van der Waals surface area contributed by atoms with Crippen LogP contribution in [-0.2, 0) is 6.54 Å². The molecule has 5 rings (SSSR count). The summed E-state index contributed by atoms with van der Waals surface area (Å²) in [5, 5.41) is 18.3. The number of nitrogens with zero attached hydrogens (tertiary/aromatic N) is 2. The van der Waals surface area contributed by atoms with E-state index in [0.717, 1.165) is 5.56 Å². The molecule has 0 fully saturated rings. The van der Waals surface area contributed by atoms with E-state index in [4.69, 9.17) is 10.5 Å². The van der Waals surface area contributed by atoms with E-state index in [9.17, 15) is 23.9 Å². The number of para-hydroxylation sites is 3. The molecule has 1 aliphatic rings. The van der Waals surface area contributed by atoms with Gasteiger partial charge in [0, 0.05) is 36.8 Å². The van der Waals surface area contributed by atoms with Gasteiger partial charge < -0.3 is 36.4 Å². The zero-order chi connectivity index (χ0) is 35.1. The number of rotatable bonds is 10. The van der Waals surface area contributed by atoms with Crippen LogP contribution in [0.15, 0.2) is 91.0 Å². The average molecular weight is 669 g/mol. The Morgan fingerprint density at radius 1 is 0.980 bits per heavy atom. The lowest BCUT2D eigenvalue weighted by Gasteiger charge is -2.38. The van der Waals surface area contributed by atoms with Gasteiger partial charge in [0.05, 0.1) is 35.3 Å². The van der Waals surface area contributed by atoms with Crippen molar-refractivity contribution in [2.75, 3.05) is 48.4 Å². The van der Waals surface area contributed by atoms with E-state index in [1.807, 2.05) is 26.1 Å². The van der Waals surface area contributed by atoms with Gasteiger partial charge in [-0.05, 0) is 80.2 Å². The number of fused-ring (bicyclic) bond motifs is 1. The van der Waals surface area contributed by atoms with Gasteiger partial charge >= 0.3 is 6.03 Å². The smallest absolute Gasteiger partial charge is 0.323 e. The van der Waals surface area contributed by atoms with Gasteiger partial charge in [0.1, 0.15) is 11.9 Å². The zero-order valence-electron chi connectivity index (χ0n) is 27.7. The number of nitrogens with two attached hydrogens (primary N) is 1. The Bertz CT molecular complexity index is 1790. The van der Waals surface area contributed by atoms with Gasteiger partial charge in [-0.15, -0.1) is 0 Å². The number of carbonyl (C=O) groups is 3. The van der Waals surface area contributed by atoms with Crippen molar-refractivity contribution in [2.24, 2.45) is 5.92 Å². The van der Waals surface area contributed by atoms with Crippen molar-refractivity contribution in [1.82, 2.24) is 9.80 Å². The maximum atomic E-state index is 13.8. The highest BCUT2D eigenvalue weighted by Gasteiger charge is 2.34. The van der Waals surface area contributed by atoms with Crippen LogP contribution in [0.1, 0.15) is 40.1 Å². The van der Waals surface area contributed by atoms with E-state index < -0.39 is 24.0 Å². The molecule has 0 unspecified atom stereocenters. The number of carbonyl (C=O) groups excluding carboxylic acids is 3. The second-order valence-corrected chi connectivity index (χ2v) is 12.3. The second kappa shape index (κ2) is 15.6. The monoisotopic (exact) mass is 668 g/mol. The Morgan fingerprint density at radius 3 is 2.37 bits per heavy atom. The molecule has 1 aliphatic heterocycles. The summed E-state index contributed by atoms with van der Waals surface area (Å²) in [7, 11) is 1.95. The lowest BCUT2D eigenvalue weighted by atomic mass is 9.98. The van der Waals surface area contributed by atoms with Gasteiger partial charge in [-0.1, -0.05) is 37.3 Å². The number of nitrogen functional groups attached to an aromatic ring is 1. The van der Waals surface area contributed by atoms with Gasteiger partial charge in [0.2, 0.25) is 0 Å². The Balaban J connectivity index is 1.33. The maximum absolute atomic E-state index is 13.8. The van der Waals surface area contributed by atoms with Crippen molar-refractivity contribution in [1.29, 1.82) is 0 Å². The largest absolute Gasteiger partial charge is 0.486 e. The number of anilines is 4. The van der Waals surface area contributed by atoms with Crippen LogP contribution in [-0.4, -0.2) is 71.6 Å². The highest BCUT2D eigenvalue weighted by atomic mass is 19.1. The molecular formula is C37H41FN6O5. The molecule has 0 aliphatic carbocycles. The fourth-order valence-corrected chi connectivity index (χ4v) is 5.63. The molecule has 0 aromatic heterocycles. The fraction of sp³-hybridized carbons (Fsp3) is 0.270. The third-order valence-corrected chi connectivity index (χ3v) is 8.41. The van der Waals surface area contributed by atoms with E-state index in [1.165, 1.54) is 24.3 Å². The minimum Gasteiger partial charge on any atom is -0.486 e. The molecular weight excluding hydrogens is 627 g/mol. The highest BCUT2D eigenvalue weighted by molar-refractivity contribution is 6.06. The van der Waals surface area contributed by atoms with Crippen LogP contribution < -0.4 is 26.4 Å². The molecule has 49 heavy (non-hydrogen) atoms.